The third-order valence-corrected chi connectivity index (χ3v) is 4.60. The van der Waals surface area contributed by atoms with Gasteiger partial charge in [0.2, 0.25) is 0 Å². The van der Waals surface area contributed by atoms with E-state index in [9.17, 15) is 0 Å². The molecule has 1 aliphatic rings. The zero-order valence-electron chi connectivity index (χ0n) is 8.83. The molecule has 0 aromatic heterocycles. The Kier molecular flexibility index (Phi) is 5.18. The van der Waals surface area contributed by atoms with E-state index in [0.29, 0.717) is 12.5 Å². The first kappa shape index (κ1) is 11.4. The van der Waals surface area contributed by atoms with Gasteiger partial charge in [-0.15, -0.1) is 0 Å². The van der Waals surface area contributed by atoms with E-state index in [1.807, 2.05) is 0 Å². The first-order valence-corrected chi connectivity index (χ1v) is 6.49. The van der Waals surface area contributed by atoms with E-state index < -0.39 is 0 Å². The Morgan fingerprint density at radius 1 is 1.31 bits per heavy atom. The van der Waals surface area contributed by atoms with Crippen molar-refractivity contribution in [2.45, 2.75) is 44.8 Å². The molecule has 0 spiro atoms. The molecule has 0 aromatic carbocycles. The molecule has 0 bridgehead atoms. The summed E-state index contributed by atoms with van der Waals surface area (Å²) in [5.74, 6) is 2.56. The first-order valence-electron chi connectivity index (χ1n) is 5.44. The second kappa shape index (κ2) is 5.92. The van der Waals surface area contributed by atoms with E-state index >= 15 is 0 Å². The van der Waals surface area contributed by atoms with Gasteiger partial charge in [-0.3, -0.25) is 0 Å². The van der Waals surface area contributed by atoms with Gasteiger partial charge in [-0.2, -0.15) is 11.8 Å². The van der Waals surface area contributed by atoms with Gasteiger partial charge < -0.3 is 5.11 Å². The maximum absolute atomic E-state index is 8.89. The zero-order chi connectivity index (χ0) is 9.68. The van der Waals surface area contributed by atoms with Crippen LogP contribution in [0, 0.1) is 11.8 Å². The minimum Gasteiger partial charge on any atom is -0.396 e. The summed E-state index contributed by atoms with van der Waals surface area (Å²) < 4.78 is 0. The molecule has 0 radical (unpaired) electrons. The Morgan fingerprint density at radius 3 is 2.46 bits per heavy atom. The molecule has 0 saturated heterocycles. The summed E-state index contributed by atoms with van der Waals surface area (Å²) in [6.07, 6.45) is 5.60. The maximum Gasteiger partial charge on any atom is 0.0464 e. The Bertz CT molecular complexity index is 130. The predicted molar refractivity (Wildman–Crippen MR) is 60.1 cm³/mol. The van der Waals surface area contributed by atoms with Crippen molar-refractivity contribution in [3.05, 3.63) is 0 Å². The second-order valence-corrected chi connectivity index (χ2v) is 5.84. The molecule has 1 unspecified atom stereocenters. The lowest BCUT2D eigenvalue weighted by Gasteiger charge is -2.26. The minimum atomic E-state index is 0.343. The molecule has 1 rings (SSSR count). The van der Waals surface area contributed by atoms with Crippen molar-refractivity contribution in [3.63, 3.8) is 0 Å². The lowest BCUT2D eigenvalue weighted by atomic mass is 9.91. The molecule has 1 N–H and O–H groups in total. The van der Waals surface area contributed by atoms with Gasteiger partial charge in [0.1, 0.15) is 0 Å². The number of thioether (sulfide) groups is 1. The van der Waals surface area contributed by atoms with Gasteiger partial charge in [0.05, 0.1) is 0 Å². The fourth-order valence-corrected chi connectivity index (χ4v) is 3.06. The number of hydrogen-bond donors (Lipinski definition) is 1. The van der Waals surface area contributed by atoms with Crippen LogP contribution in [0.4, 0.5) is 0 Å². The molecular formula is C11H22OS. The highest BCUT2D eigenvalue weighted by Gasteiger charge is 2.18. The van der Waals surface area contributed by atoms with Crippen LogP contribution >= 0.6 is 11.8 Å². The summed E-state index contributed by atoms with van der Waals surface area (Å²) in [7, 11) is 0. The number of aliphatic hydroxyl groups excluding tert-OH is 1. The summed E-state index contributed by atoms with van der Waals surface area (Å²) >= 11 is 2.07. The van der Waals surface area contributed by atoms with E-state index in [4.69, 9.17) is 5.11 Å². The average Bonchev–Trinajstić information content (AvgIpc) is 2.16. The predicted octanol–water partition coefficient (Wildman–Crippen LogP) is 2.93. The smallest absolute Gasteiger partial charge is 0.0464 e. The number of aliphatic hydroxyl groups is 1. The van der Waals surface area contributed by atoms with E-state index in [2.05, 4.69) is 25.6 Å². The average molecular weight is 202 g/mol. The van der Waals surface area contributed by atoms with Crippen LogP contribution in [0.5, 0.6) is 0 Å². The molecule has 1 aliphatic carbocycles. The summed E-state index contributed by atoms with van der Waals surface area (Å²) in [5, 5.41) is 9.77. The van der Waals surface area contributed by atoms with Crippen LogP contribution in [0.25, 0.3) is 0 Å². The Labute approximate surface area is 86.3 Å². The van der Waals surface area contributed by atoms with Crippen LogP contribution in [0.1, 0.15) is 39.5 Å². The molecule has 78 valence electrons. The summed E-state index contributed by atoms with van der Waals surface area (Å²) in [5.41, 5.74) is 0. The van der Waals surface area contributed by atoms with Crippen LogP contribution in [0.2, 0.25) is 0 Å². The van der Waals surface area contributed by atoms with Gasteiger partial charge >= 0.3 is 0 Å². The molecule has 0 aliphatic heterocycles. The van der Waals surface area contributed by atoms with Crippen LogP contribution in [0.3, 0.4) is 0 Å². The van der Waals surface area contributed by atoms with E-state index in [1.165, 1.54) is 25.7 Å². The van der Waals surface area contributed by atoms with Crippen molar-refractivity contribution in [2.24, 2.45) is 11.8 Å². The highest BCUT2D eigenvalue weighted by molar-refractivity contribution is 7.99. The Balaban J connectivity index is 2.08. The van der Waals surface area contributed by atoms with Gasteiger partial charge in [0.25, 0.3) is 0 Å². The van der Waals surface area contributed by atoms with Crippen LogP contribution < -0.4 is 0 Å². The highest BCUT2D eigenvalue weighted by Crippen LogP contribution is 2.32. The molecule has 1 nitrogen and oxygen atoms in total. The third kappa shape index (κ3) is 4.37. The van der Waals surface area contributed by atoms with Gasteiger partial charge in [0.15, 0.2) is 0 Å². The molecule has 0 heterocycles. The van der Waals surface area contributed by atoms with Crippen LogP contribution in [-0.2, 0) is 0 Å². The van der Waals surface area contributed by atoms with Crippen molar-refractivity contribution in [2.75, 3.05) is 12.4 Å². The fourth-order valence-electron chi connectivity index (χ4n) is 1.75. The zero-order valence-corrected chi connectivity index (χ0v) is 9.65. The molecule has 13 heavy (non-hydrogen) atoms. The highest BCUT2D eigenvalue weighted by atomic mass is 32.2. The van der Waals surface area contributed by atoms with E-state index in [1.54, 1.807) is 0 Å². The van der Waals surface area contributed by atoms with Crippen molar-refractivity contribution >= 4 is 11.8 Å². The topological polar surface area (TPSA) is 20.2 Å². The van der Waals surface area contributed by atoms with Crippen molar-refractivity contribution in [3.8, 4) is 0 Å². The standard InChI is InChI=1S/C11H22OS/c1-9-3-5-11(6-4-9)13-8-10(2)7-12/h9-12H,3-8H2,1-2H3. The summed E-state index contributed by atoms with van der Waals surface area (Å²) in [6, 6.07) is 0. The maximum atomic E-state index is 8.89. The molecule has 2 heteroatoms. The fraction of sp³-hybridized carbons (Fsp3) is 1.00. The second-order valence-electron chi connectivity index (χ2n) is 4.50. The van der Waals surface area contributed by atoms with Crippen molar-refractivity contribution in [1.29, 1.82) is 0 Å². The number of hydrogen-bond acceptors (Lipinski definition) is 2. The Hall–Kier alpha value is 0.310. The monoisotopic (exact) mass is 202 g/mol. The van der Waals surface area contributed by atoms with Crippen molar-refractivity contribution in [1.82, 2.24) is 0 Å². The quantitative estimate of drug-likeness (QED) is 0.756. The van der Waals surface area contributed by atoms with Gasteiger partial charge in [-0.1, -0.05) is 13.8 Å². The molecule has 0 amide bonds. The first-order chi connectivity index (χ1) is 6.22. The molecule has 1 saturated carbocycles. The largest absolute Gasteiger partial charge is 0.396 e. The minimum absolute atomic E-state index is 0.343. The van der Waals surface area contributed by atoms with E-state index in [-0.39, 0.29) is 0 Å². The normalized spacial score (nSPS) is 31.6. The third-order valence-electron chi connectivity index (χ3n) is 2.89. The lowest BCUT2D eigenvalue weighted by molar-refractivity contribution is 0.250. The molecule has 1 fully saturated rings. The van der Waals surface area contributed by atoms with Gasteiger partial charge in [-0.25, -0.2) is 0 Å². The van der Waals surface area contributed by atoms with Gasteiger partial charge in [0, 0.05) is 11.9 Å². The lowest BCUT2D eigenvalue weighted by Crippen LogP contribution is -2.16. The van der Waals surface area contributed by atoms with E-state index in [0.717, 1.165) is 16.9 Å². The van der Waals surface area contributed by atoms with Crippen molar-refractivity contribution < 1.29 is 5.11 Å². The molecular weight excluding hydrogens is 180 g/mol. The van der Waals surface area contributed by atoms with Crippen LogP contribution in [0.15, 0.2) is 0 Å². The Morgan fingerprint density at radius 2 is 1.92 bits per heavy atom. The summed E-state index contributed by atoms with van der Waals surface area (Å²) in [6.45, 7) is 4.83. The SMILES string of the molecule is CC1CCC(SCC(C)CO)CC1. The van der Waals surface area contributed by atoms with Crippen LogP contribution in [-0.4, -0.2) is 22.7 Å². The summed E-state index contributed by atoms with van der Waals surface area (Å²) in [4.78, 5) is 0. The van der Waals surface area contributed by atoms with Gasteiger partial charge in [-0.05, 0) is 43.3 Å². The molecule has 1 atom stereocenters. The molecule has 0 aromatic rings. The number of rotatable bonds is 4.